The highest BCUT2D eigenvalue weighted by Crippen LogP contribution is 2.20. The lowest BCUT2D eigenvalue weighted by Crippen LogP contribution is -2.54. The molecule has 0 N–H and O–H groups in total. The molecule has 2 rings (SSSR count). The zero-order chi connectivity index (χ0) is 19.3. The van der Waals surface area contributed by atoms with Gasteiger partial charge in [-0.1, -0.05) is 6.07 Å². The number of rotatable bonds is 4. The fraction of sp³-hybridized carbons (Fsp3) is 0.579. The first-order chi connectivity index (χ1) is 12.2. The predicted molar refractivity (Wildman–Crippen MR) is 97.5 cm³/mol. The quantitative estimate of drug-likeness (QED) is 0.821. The van der Waals surface area contributed by atoms with Crippen LogP contribution in [0, 0.1) is 0 Å². The SMILES string of the molecule is COc1cccc(OC(C)C(=O)N2CCN(C(=O)OC(C)(C)C)CC2)c1. The maximum absolute atomic E-state index is 12.6. The smallest absolute Gasteiger partial charge is 0.410 e. The van der Waals surface area contributed by atoms with Gasteiger partial charge < -0.3 is 24.0 Å². The van der Waals surface area contributed by atoms with Crippen LogP contribution in [0.15, 0.2) is 24.3 Å². The highest BCUT2D eigenvalue weighted by Gasteiger charge is 2.30. The van der Waals surface area contributed by atoms with Crippen LogP contribution in [0.4, 0.5) is 4.79 Å². The van der Waals surface area contributed by atoms with Crippen LogP contribution >= 0.6 is 0 Å². The molecule has 2 amide bonds. The number of hydrogen-bond acceptors (Lipinski definition) is 5. The number of hydrogen-bond donors (Lipinski definition) is 0. The van der Waals surface area contributed by atoms with Gasteiger partial charge in [-0.25, -0.2) is 4.79 Å². The van der Waals surface area contributed by atoms with Crippen molar-refractivity contribution in [3.05, 3.63) is 24.3 Å². The molecule has 1 aliphatic heterocycles. The summed E-state index contributed by atoms with van der Waals surface area (Å²) in [5, 5.41) is 0. The number of nitrogens with zero attached hydrogens (tertiary/aromatic N) is 2. The highest BCUT2D eigenvalue weighted by atomic mass is 16.6. The monoisotopic (exact) mass is 364 g/mol. The standard InChI is InChI=1S/C19H28N2O5/c1-14(25-16-8-6-7-15(13-16)24-5)17(22)20-9-11-21(12-10-20)18(23)26-19(2,3)4/h6-8,13-14H,9-12H2,1-5H3. The zero-order valence-corrected chi connectivity index (χ0v) is 16.2. The van der Waals surface area contributed by atoms with E-state index in [4.69, 9.17) is 14.2 Å². The molecule has 0 bridgehead atoms. The van der Waals surface area contributed by atoms with Crippen molar-refractivity contribution in [1.29, 1.82) is 0 Å². The van der Waals surface area contributed by atoms with E-state index in [1.54, 1.807) is 36.0 Å². The first-order valence-electron chi connectivity index (χ1n) is 8.77. The lowest BCUT2D eigenvalue weighted by molar-refractivity contribution is -0.139. The Hall–Kier alpha value is -2.44. The minimum absolute atomic E-state index is 0.100. The van der Waals surface area contributed by atoms with Crippen LogP contribution in [0.3, 0.4) is 0 Å². The van der Waals surface area contributed by atoms with E-state index < -0.39 is 11.7 Å². The molecule has 1 saturated heterocycles. The first-order valence-corrected chi connectivity index (χ1v) is 8.77. The number of amides is 2. The molecule has 1 aliphatic rings. The molecule has 1 atom stereocenters. The normalized spacial score (nSPS) is 16.0. The predicted octanol–water partition coefficient (Wildman–Crippen LogP) is 2.54. The molecule has 0 aromatic heterocycles. The Morgan fingerprint density at radius 1 is 1.04 bits per heavy atom. The summed E-state index contributed by atoms with van der Waals surface area (Å²) < 4.78 is 16.3. The lowest BCUT2D eigenvalue weighted by atomic mass is 10.2. The molecular formula is C19H28N2O5. The van der Waals surface area contributed by atoms with E-state index in [1.165, 1.54) is 0 Å². The molecule has 144 valence electrons. The Morgan fingerprint density at radius 3 is 2.19 bits per heavy atom. The molecule has 0 aliphatic carbocycles. The molecule has 1 aromatic carbocycles. The summed E-state index contributed by atoms with van der Waals surface area (Å²) in [6, 6.07) is 7.15. The van der Waals surface area contributed by atoms with Gasteiger partial charge in [0.15, 0.2) is 6.10 Å². The summed E-state index contributed by atoms with van der Waals surface area (Å²) in [5.74, 6) is 1.15. The lowest BCUT2D eigenvalue weighted by Gasteiger charge is -2.36. The molecule has 0 saturated carbocycles. The maximum Gasteiger partial charge on any atom is 0.410 e. The molecule has 0 radical (unpaired) electrons. The van der Waals surface area contributed by atoms with E-state index in [1.807, 2.05) is 32.9 Å². The molecule has 7 heteroatoms. The third-order valence-corrected chi connectivity index (χ3v) is 3.94. The van der Waals surface area contributed by atoms with Gasteiger partial charge in [-0.15, -0.1) is 0 Å². The minimum Gasteiger partial charge on any atom is -0.497 e. The molecule has 1 aromatic rings. The number of piperazine rings is 1. The molecule has 26 heavy (non-hydrogen) atoms. The summed E-state index contributed by atoms with van der Waals surface area (Å²) in [6.45, 7) is 9.06. The number of benzene rings is 1. The second-order valence-electron chi connectivity index (χ2n) is 7.23. The molecule has 7 nitrogen and oxygen atoms in total. The zero-order valence-electron chi connectivity index (χ0n) is 16.2. The third-order valence-electron chi connectivity index (χ3n) is 3.94. The van der Waals surface area contributed by atoms with Crippen molar-refractivity contribution in [3.63, 3.8) is 0 Å². The van der Waals surface area contributed by atoms with Crippen LogP contribution in [0.5, 0.6) is 11.5 Å². The van der Waals surface area contributed by atoms with Gasteiger partial charge in [0.05, 0.1) is 7.11 Å². The van der Waals surface area contributed by atoms with Crippen molar-refractivity contribution in [1.82, 2.24) is 9.80 Å². The largest absolute Gasteiger partial charge is 0.497 e. The first kappa shape index (κ1) is 19.9. The third kappa shape index (κ3) is 5.54. The van der Waals surface area contributed by atoms with Crippen LogP contribution in [0.1, 0.15) is 27.7 Å². The molecule has 1 unspecified atom stereocenters. The van der Waals surface area contributed by atoms with Gasteiger partial charge in [0.1, 0.15) is 17.1 Å². The van der Waals surface area contributed by atoms with Crippen molar-refractivity contribution in [2.75, 3.05) is 33.3 Å². The summed E-state index contributed by atoms with van der Waals surface area (Å²) in [4.78, 5) is 28.0. The summed E-state index contributed by atoms with van der Waals surface area (Å²) >= 11 is 0. The van der Waals surface area contributed by atoms with Crippen molar-refractivity contribution in [3.8, 4) is 11.5 Å². The summed E-state index contributed by atoms with van der Waals surface area (Å²) in [7, 11) is 1.58. The van der Waals surface area contributed by atoms with E-state index in [9.17, 15) is 9.59 Å². The second kappa shape index (κ2) is 8.29. The molecular weight excluding hydrogens is 336 g/mol. The molecule has 0 spiro atoms. The topological polar surface area (TPSA) is 68.3 Å². The summed E-state index contributed by atoms with van der Waals surface area (Å²) in [6.07, 6.45) is -0.958. The summed E-state index contributed by atoms with van der Waals surface area (Å²) in [5.41, 5.74) is -0.525. The van der Waals surface area contributed by atoms with Gasteiger partial charge >= 0.3 is 6.09 Å². The van der Waals surface area contributed by atoms with E-state index in [2.05, 4.69) is 0 Å². The van der Waals surface area contributed by atoms with Gasteiger partial charge in [-0.3, -0.25) is 4.79 Å². The molecule has 1 heterocycles. The van der Waals surface area contributed by atoms with Gasteiger partial charge in [-0.05, 0) is 39.8 Å². The Balaban J connectivity index is 1.86. The van der Waals surface area contributed by atoms with E-state index >= 15 is 0 Å². The highest BCUT2D eigenvalue weighted by molar-refractivity contribution is 5.81. The average Bonchev–Trinajstić information content (AvgIpc) is 2.60. The van der Waals surface area contributed by atoms with Gasteiger partial charge in [0, 0.05) is 32.2 Å². The van der Waals surface area contributed by atoms with Crippen molar-refractivity contribution in [2.24, 2.45) is 0 Å². The van der Waals surface area contributed by atoms with Crippen molar-refractivity contribution >= 4 is 12.0 Å². The van der Waals surface area contributed by atoms with E-state index in [-0.39, 0.29) is 12.0 Å². The van der Waals surface area contributed by atoms with Gasteiger partial charge in [0.2, 0.25) is 0 Å². The van der Waals surface area contributed by atoms with E-state index in [0.29, 0.717) is 37.7 Å². The van der Waals surface area contributed by atoms with Crippen molar-refractivity contribution < 1.29 is 23.8 Å². The van der Waals surface area contributed by atoms with E-state index in [0.717, 1.165) is 0 Å². The van der Waals surface area contributed by atoms with Gasteiger partial charge in [-0.2, -0.15) is 0 Å². The Morgan fingerprint density at radius 2 is 1.62 bits per heavy atom. The Labute approximate surface area is 154 Å². The van der Waals surface area contributed by atoms with Gasteiger partial charge in [0.25, 0.3) is 5.91 Å². The van der Waals surface area contributed by atoms with Crippen LogP contribution in [-0.2, 0) is 9.53 Å². The Kier molecular flexibility index (Phi) is 6.34. The second-order valence-corrected chi connectivity index (χ2v) is 7.23. The molecule has 1 fully saturated rings. The van der Waals surface area contributed by atoms with Crippen LogP contribution in [-0.4, -0.2) is 66.8 Å². The number of ether oxygens (including phenoxy) is 3. The number of carbonyl (C=O) groups excluding carboxylic acids is 2. The Bertz CT molecular complexity index is 633. The van der Waals surface area contributed by atoms with Crippen LogP contribution in [0.2, 0.25) is 0 Å². The fourth-order valence-corrected chi connectivity index (χ4v) is 2.62. The van der Waals surface area contributed by atoms with Crippen LogP contribution in [0.25, 0.3) is 0 Å². The van der Waals surface area contributed by atoms with Crippen LogP contribution < -0.4 is 9.47 Å². The minimum atomic E-state index is -0.616. The fourth-order valence-electron chi connectivity index (χ4n) is 2.62. The van der Waals surface area contributed by atoms with Crippen molar-refractivity contribution in [2.45, 2.75) is 39.4 Å². The average molecular weight is 364 g/mol. The number of methoxy groups -OCH3 is 1. The maximum atomic E-state index is 12.6. The number of carbonyl (C=O) groups is 2.